The highest BCUT2D eigenvalue weighted by molar-refractivity contribution is 14.1. The van der Waals surface area contributed by atoms with Crippen molar-refractivity contribution in [1.82, 2.24) is 40.4 Å². The number of hydrogen-bond donors (Lipinski definition) is 10. The van der Waals surface area contributed by atoms with Gasteiger partial charge in [-0.1, -0.05) is 24.3 Å². The summed E-state index contributed by atoms with van der Waals surface area (Å²) in [4.78, 5) is 129. The predicted octanol–water partition coefficient (Wildman–Crippen LogP) is 0.499. The van der Waals surface area contributed by atoms with Gasteiger partial charge in [-0.3, -0.25) is 53.2 Å². The third-order valence-electron chi connectivity index (χ3n) is 11.6. The second-order valence-corrected chi connectivity index (χ2v) is 18.3. The van der Waals surface area contributed by atoms with Crippen LogP contribution in [0.2, 0.25) is 0 Å². The quantitative estimate of drug-likeness (QED) is 0.0410. The minimum absolute atomic E-state index is 0.0322. The molecule has 10 N–H and O–H groups in total. The van der Waals surface area contributed by atoms with E-state index < -0.39 is 84.7 Å². The number of rotatable bonds is 28. The topological polar surface area (TPSA) is 365 Å². The van der Waals surface area contributed by atoms with Crippen LogP contribution in [0.15, 0.2) is 48.5 Å². The molecule has 1 fully saturated rings. The Bertz CT molecular complexity index is 2150. The fourth-order valence-corrected chi connectivity index (χ4v) is 8.09. The van der Waals surface area contributed by atoms with Crippen molar-refractivity contribution >= 4 is 82.2 Å². The number of aliphatic carboxylic acids is 7. The van der Waals surface area contributed by atoms with E-state index in [9.17, 15) is 78.6 Å². The molecule has 1 saturated heterocycles. The summed E-state index contributed by atoms with van der Waals surface area (Å²) in [6.45, 7) is 0.227. The molecular weight excluding hydrogens is 1060 g/mol. The van der Waals surface area contributed by atoms with Crippen molar-refractivity contribution in [3.63, 3.8) is 0 Å². The van der Waals surface area contributed by atoms with Crippen molar-refractivity contribution in [1.29, 1.82) is 0 Å². The molecule has 396 valence electrons. The molecular formula is C46H63IN8O17. The van der Waals surface area contributed by atoms with Gasteiger partial charge < -0.3 is 56.6 Å². The Kier molecular flexibility index (Phi) is 25.8. The maximum Gasteiger partial charge on any atom is 0.326 e. The van der Waals surface area contributed by atoms with Crippen LogP contribution in [0.3, 0.4) is 0 Å². The van der Waals surface area contributed by atoms with Crippen LogP contribution in [-0.4, -0.2) is 217 Å². The van der Waals surface area contributed by atoms with E-state index in [0.29, 0.717) is 17.5 Å². The number of carbonyl (C=O) groups is 10. The summed E-state index contributed by atoms with van der Waals surface area (Å²) in [6.07, 6.45) is -0.838. The zero-order chi connectivity index (χ0) is 53.3. The van der Waals surface area contributed by atoms with Gasteiger partial charge in [0.25, 0.3) is 5.91 Å². The Morgan fingerprint density at radius 3 is 1.47 bits per heavy atom. The first-order valence-corrected chi connectivity index (χ1v) is 24.1. The van der Waals surface area contributed by atoms with Crippen LogP contribution >= 0.6 is 22.6 Å². The van der Waals surface area contributed by atoms with Crippen LogP contribution in [0, 0.1) is 3.57 Å². The van der Waals surface area contributed by atoms with Gasteiger partial charge in [0.15, 0.2) is 0 Å². The summed E-state index contributed by atoms with van der Waals surface area (Å²) >= 11 is 2.15. The highest BCUT2D eigenvalue weighted by Gasteiger charge is 2.29. The van der Waals surface area contributed by atoms with E-state index in [1.807, 2.05) is 24.3 Å². The number of unbranched alkanes of at least 4 members (excludes halogenated alkanes) is 1. The minimum Gasteiger partial charge on any atom is -0.481 e. The highest BCUT2D eigenvalue weighted by Crippen LogP contribution is 2.17. The molecule has 4 amide bonds. The number of urea groups is 1. The average Bonchev–Trinajstić information content (AvgIpc) is 3.30. The molecule has 25 nitrogen and oxygen atoms in total. The number of nitrogens with one attached hydrogen (secondary N) is 3. The zero-order valence-corrected chi connectivity index (χ0v) is 41.7. The lowest BCUT2D eigenvalue weighted by molar-refractivity contribution is -0.145. The zero-order valence-electron chi connectivity index (χ0n) is 39.5. The Morgan fingerprint density at radius 2 is 1.01 bits per heavy atom. The van der Waals surface area contributed by atoms with Gasteiger partial charge in [-0.05, 0) is 90.1 Å². The predicted molar refractivity (Wildman–Crippen MR) is 262 cm³/mol. The standard InChI is InChI=1S/C46H63IN8O17/c47-33-10-6-31(7-11-33)26-55(16-2-1-3-34(43(66)67)49-46(72)50-35(44(68)69)12-15-38(57)58)42(65)32-8-4-30(5-9-32)25-48-37(56)14-13-36(45(70)71)54-23-21-52(28-40(61)62)19-17-51(27-39(59)60)18-20-53(22-24-54)29-41(63)64/h4-11,34-36H,1-3,12-29H2,(H,48,56)(H,57,58)(H,59,60)(H,61,62)(H,63,64)(H,66,67)(H,68,69)(H,70,71)(H2,49,50,72)/t34-,35-,36?/m0/s1. The third kappa shape index (κ3) is 23.2. The first-order valence-electron chi connectivity index (χ1n) is 23.0. The van der Waals surface area contributed by atoms with E-state index >= 15 is 0 Å². The monoisotopic (exact) mass is 1130 g/mol. The molecule has 0 aromatic heterocycles. The van der Waals surface area contributed by atoms with Crippen molar-refractivity contribution in [3.8, 4) is 0 Å². The van der Waals surface area contributed by atoms with Gasteiger partial charge in [0, 0.05) is 94.0 Å². The van der Waals surface area contributed by atoms with Crippen molar-refractivity contribution in [2.45, 2.75) is 76.2 Å². The minimum atomic E-state index is -1.56. The van der Waals surface area contributed by atoms with Gasteiger partial charge in [0.05, 0.1) is 19.6 Å². The van der Waals surface area contributed by atoms with Crippen LogP contribution in [0.4, 0.5) is 4.79 Å². The molecule has 0 aliphatic carbocycles. The second kappa shape index (κ2) is 31.1. The molecule has 0 saturated carbocycles. The fraction of sp³-hybridized carbons (Fsp3) is 0.522. The Balaban J connectivity index is 1.64. The van der Waals surface area contributed by atoms with Gasteiger partial charge in [-0.2, -0.15) is 0 Å². The van der Waals surface area contributed by atoms with Crippen molar-refractivity contribution < 1.29 is 83.7 Å². The van der Waals surface area contributed by atoms with Gasteiger partial charge in [-0.25, -0.2) is 14.4 Å². The molecule has 3 rings (SSSR count). The number of benzene rings is 2. The lowest BCUT2D eigenvalue weighted by atomic mass is 10.1. The molecule has 0 radical (unpaired) electrons. The number of hydrogen-bond acceptors (Lipinski definition) is 14. The summed E-state index contributed by atoms with van der Waals surface area (Å²) in [6, 6.07) is 8.65. The Labute approximate surface area is 428 Å². The summed E-state index contributed by atoms with van der Waals surface area (Å²) in [5.41, 5.74) is 1.75. The number of nitrogens with zero attached hydrogens (tertiary/aromatic N) is 5. The molecule has 1 aliphatic heterocycles. The van der Waals surface area contributed by atoms with Crippen LogP contribution < -0.4 is 16.0 Å². The molecule has 26 heteroatoms. The average molecular weight is 1130 g/mol. The van der Waals surface area contributed by atoms with E-state index in [2.05, 4.69) is 38.5 Å². The van der Waals surface area contributed by atoms with E-state index in [0.717, 1.165) is 9.13 Å². The third-order valence-corrected chi connectivity index (χ3v) is 12.3. The lowest BCUT2D eigenvalue weighted by Gasteiger charge is -2.35. The van der Waals surface area contributed by atoms with Gasteiger partial charge in [0.2, 0.25) is 5.91 Å². The fourth-order valence-electron chi connectivity index (χ4n) is 7.73. The molecule has 0 spiro atoms. The normalized spacial score (nSPS) is 15.6. The van der Waals surface area contributed by atoms with Crippen LogP contribution in [0.25, 0.3) is 0 Å². The van der Waals surface area contributed by atoms with Gasteiger partial charge in [0.1, 0.15) is 18.1 Å². The smallest absolute Gasteiger partial charge is 0.326 e. The largest absolute Gasteiger partial charge is 0.481 e. The van der Waals surface area contributed by atoms with E-state index in [-0.39, 0.29) is 123 Å². The van der Waals surface area contributed by atoms with E-state index in [4.69, 9.17) is 5.11 Å². The van der Waals surface area contributed by atoms with E-state index in [1.165, 1.54) is 0 Å². The van der Waals surface area contributed by atoms with Crippen molar-refractivity contribution in [2.24, 2.45) is 0 Å². The molecule has 72 heavy (non-hydrogen) atoms. The maximum absolute atomic E-state index is 13.9. The Morgan fingerprint density at radius 1 is 0.542 bits per heavy atom. The van der Waals surface area contributed by atoms with Crippen LogP contribution in [0.1, 0.15) is 66.4 Å². The van der Waals surface area contributed by atoms with Crippen LogP contribution in [-0.2, 0) is 51.4 Å². The highest BCUT2D eigenvalue weighted by atomic mass is 127. The number of carbonyl (C=O) groups excluding carboxylic acids is 3. The summed E-state index contributed by atoms with van der Waals surface area (Å²) in [5.74, 6) is -9.57. The molecule has 3 atom stereocenters. The molecule has 1 unspecified atom stereocenters. The molecule has 1 heterocycles. The number of halogens is 1. The van der Waals surface area contributed by atoms with Crippen molar-refractivity contribution in [2.75, 3.05) is 78.5 Å². The first-order chi connectivity index (χ1) is 34.1. The Hall–Kier alpha value is -6.49. The second-order valence-electron chi connectivity index (χ2n) is 17.1. The SMILES string of the molecule is O=C(O)CC[C@H](NC(=O)N[C@@H](CCCCN(Cc1ccc(I)cc1)C(=O)c1ccc(CNC(=O)CCC(C(=O)O)N2CCN(CC(=O)O)CCN(CC(=O)O)CCN(CC(=O)O)CC2)cc1)C(=O)O)C(=O)O. The summed E-state index contributed by atoms with van der Waals surface area (Å²) < 4.78 is 0.975. The van der Waals surface area contributed by atoms with E-state index in [1.54, 1.807) is 48.8 Å². The molecule has 2 aromatic rings. The molecule has 1 aliphatic rings. The summed E-state index contributed by atoms with van der Waals surface area (Å²) in [5, 5.41) is 73.8. The lowest BCUT2D eigenvalue weighted by Crippen LogP contribution is -2.52. The van der Waals surface area contributed by atoms with Crippen molar-refractivity contribution in [3.05, 3.63) is 68.8 Å². The molecule has 0 bridgehead atoms. The first kappa shape index (κ1) is 59.8. The molecule has 2 aromatic carbocycles. The summed E-state index contributed by atoms with van der Waals surface area (Å²) in [7, 11) is 0. The maximum atomic E-state index is 13.9. The number of amides is 4. The van der Waals surface area contributed by atoms with Gasteiger partial charge in [-0.15, -0.1) is 0 Å². The number of carboxylic acids is 7. The number of carboxylic acid groups (broad SMARTS) is 7. The van der Waals surface area contributed by atoms with Gasteiger partial charge >= 0.3 is 47.8 Å². The van der Waals surface area contributed by atoms with Crippen LogP contribution in [0.5, 0.6) is 0 Å².